The molecule has 0 saturated heterocycles. The van der Waals surface area contributed by atoms with Crippen molar-refractivity contribution < 1.29 is 19.1 Å². The Morgan fingerprint density at radius 2 is 1.92 bits per heavy atom. The third-order valence-corrected chi connectivity index (χ3v) is 4.68. The second-order valence-electron chi connectivity index (χ2n) is 6.49. The molecule has 1 aromatic heterocycles. The molecule has 1 aromatic carbocycles. The number of amides is 1. The summed E-state index contributed by atoms with van der Waals surface area (Å²) in [4.78, 5) is 28.3. The van der Waals surface area contributed by atoms with Crippen LogP contribution in [-0.2, 0) is 9.59 Å². The van der Waals surface area contributed by atoms with Gasteiger partial charge in [-0.15, -0.1) is 0 Å². The summed E-state index contributed by atoms with van der Waals surface area (Å²) in [6, 6.07) is 5.33. The number of anilines is 1. The third-order valence-electron chi connectivity index (χ3n) is 4.68. The van der Waals surface area contributed by atoms with Gasteiger partial charge in [-0.2, -0.15) is 0 Å². The van der Waals surface area contributed by atoms with Crippen LogP contribution in [0.3, 0.4) is 0 Å². The molecular formula is C18H18N2O4. The Hall–Kier alpha value is -2.63. The Morgan fingerprint density at radius 1 is 1.17 bits per heavy atom. The van der Waals surface area contributed by atoms with Crippen LogP contribution < -0.4 is 5.32 Å². The van der Waals surface area contributed by atoms with Crippen molar-refractivity contribution in [2.45, 2.75) is 31.6 Å². The van der Waals surface area contributed by atoms with Crippen LogP contribution in [0.4, 0.5) is 5.69 Å². The molecule has 6 heteroatoms. The Kier molecular flexibility index (Phi) is 3.59. The SMILES string of the molecule is O=C(O)[C@@H]1CC=CC[C@H]1C(=O)Nc1ccc2oc(C3CC3)nc2c1. The van der Waals surface area contributed by atoms with Crippen molar-refractivity contribution in [2.24, 2.45) is 11.8 Å². The number of carboxylic acid groups (broad SMARTS) is 1. The smallest absolute Gasteiger partial charge is 0.307 e. The molecule has 1 amide bonds. The van der Waals surface area contributed by atoms with Crippen molar-refractivity contribution in [2.75, 3.05) is 5.32 Å². The predicted octanol–water partition coefficient (Wildman–Crippen LogP) is 3.31. The van der Waals surface area contributed by atoms with Crippen molar-refractivity contribution in [1.29, 1.82) is 0 Å². The van der Waals surface area contributed by atoms with E-state index in [1.54, 1.807) is 18.2 Å². The molecule has 1 saturated carbocycles. The van der Waals surface area contributed by atoms with Gasteiger partial charge in [-0.25, -0.2) is 4.98 Å². The third kappa shape index (κ3) is 2.79. The van der Waals surface area contributed by atoms with Gasteiger partial charge >= 0.3 is 5.97 Å². The van der Waals surface area contributed by atoms with Gasteiger partial charge in [-0.3, -0.25) is 9.59 Å². The molecule has 1 heterocycles. The van der Waals surface area contributed by atoms with Gasteiger partial charge in [0, 0.05) is 11.6 Å². The summed E-state index contributed by atoms with van der Waals surface area (Å²) in [6.45, 7) is 0. The molecule has 6 nitrogen and oxygen atoms in total. The monoisotopic (exact) mass is 326 g/mol. The zero-order valence-corrected chi connectivity index (χ0v) is 13.1. The Bertz CT molecular complexity index is 835. The van der Waals surface area contributed by atoms with Crippen molar-refractivity contribution in [3.8, 4) is 0 Å². The first-order valence-electron chi connectivity index (χ1n) is 8.21. The molecule has 2 atom stereocenters. The normalized spacial score (nSPS) is 23.3. The summed E-state index contributed by atoms with van der Waals surface area (Å²) in [7, 11) is 0. The maximum Gasteiger partial charge on any atom is 0.307 e. The summed E-state index contributed by atoms with van der Waals surface area (Å²) >= 11 is 0. The molecule has 2 aromatic rings. The lowest BCUT2D eigenvalue weighted by Gasteiger charge is -2.24. The highest BCUT2D eigenvalue weighted by molar-refractivity contribution is 5.96. The van der Waals surface area contributed by atoms with Crippen LogP contribution in [-0.4, -0.2) is 22.0 Å². The summed E-state index contributed by atoms with van der Waals surface area (Å²) < 4.78 is 5.71. The molecule has 0 aliphatic heterocycles. The highest BCUT2D eigenvalue weighted by atomic mass is 16.4. The van der Waals surface area contributed by atoms with Gasteiger partial charge in [0.1, 0.15) is 5.52 Å². The van der Waals surface area contributed by atoms with Crippen LogP contribution in [0.15, 0.2) is 34.8 Å². The van der Waals surface area contributed by atoms with Gasteiger partial charge in [0.25, 0.3) is 0 Å². The van der Waals surface area contributed by atoms with E-state index in [1.165, 1.54) is 0 Å². The molecule has 2 N–H and O–H groups in total. The fourth-order valence-corrected chi connectivity index (χ4v) is 3.14. The van der Waals surface area contributed by atoms with E-state index in [0.29, 0.717) is 35.5 Å². The summed E-state index contributed by atoms with van der Waals surface area (Å²) in [6.07, 6.45) is 6.75. The number of oxazole rings is 1. The number of fused-ring (bicyclic) bond motifs is 1. The van der Waals surface area contributed by atoms with E-state index in [1.807, 2.05) is 12.2 Å². The van der Waals surface area contributed by atoms with Crippen molar-refractivity contribution in [3.05, 3.63) is 36.2 Å². The molecule has 124 valence electrons. The number of aromatic nitrogens is 1. The highest BCUT2D eigenvalue weighted by Gasteiger charge is 2.34. The lowest BCUT2D eigenvalue weighted by Crippen LogP contribution is -2.34. The molecule has 4 rings (SSSR count). The van der Waals surface area contributed by atoms with E-state index in [9.17, 15) is 14.7 Å². The Morgan fingerprint density at radius 3 is 2.62 bits per heavy atom. The number of carbonyl (C=O) groups is 2. The molecular weight excluding hydrogens is 308 g/mol. The number of hydrogen-bond donors (Lipinski definition) is 2. The van der Waals surface area contributed by atoms with E-state index in [-0.39, 0.29) is 5.91 Å². The fraction of sp³-hybridized carbons (Fsp3) is 0.389. The zero-order valence-electron chi connectivity index (χ0n) is 13.1. The molecule has 2 aliphatic rings. The van der Waals surface area contributed by atoms with Crippen LogP contribution in [0.2, 0.25) is 0 Å². The minimum absolute atomic E-state index is 0.267. The standard InChI is InChI=1S/C18H18N2O4/c21-16(12-3-1-2-4-13(12)18(22)23)19-11-7-8-15-14(9-11)20-17(24-15)10-5-6-10/h1-2,7-10,12-13H,3-6H2,(H,19,21)(H,22,23)/t12-,13-/m1/s1. The summed E-state index contributed by atoms with van der Waals surface area (Å²) in [5.74, 6) is -1.23. The first-order valence-corrected chi connectivity index (χ1v) is 8.21. The number of carboxylic acids is 1. The molecule has 1 fully saturated rings. The maximum absolute atomic E-state index is 12.5. The predicted molar refractivity (Wildman–Crippen MR) is 87.6 cm³/mol. The van der Waals surface area contributed by atoms with E-state index in [2.05, 4.69) is 10.3 Å². The van der Waals surface area contributed by atoms with E-state index >= 15 is 0 Å². The minimum Gasteiger partial charge on any atom is -0.481 e. The van der Waals surface area contributed by atoms with Gasteiger partial charge < -0.3 is 14.8 Å². The van der Waals surface area contributed by atoms with E-state index in [4.69, 9.17) is 4.42 Å². The lowest BCUT2D eigenvalue weighted by molar-refractivity contribution is -0.146. The number of rotatable bonds is 4. The van der Waals surface area contributed by atoms with Gasteiger partial charge in [0.05, 0.1) is 11.8 Å². The Balaban J connectivity index is 1.53. The maximum atomic E-state index is 12.5. The van der Waals surface area contributed by atoms with Crippen molar-refractivity contribution in [1.82, 2.24) is 4.98 Å². The average Bonchev–Trinajstić information content (AvgIpc) is 3.34. The first kappa shape index (κ1) is 14.9. The number of aliphatic carboxylic acids is 1. The topological polar surface area (TPSA) is 92.4 Å². The number of hydrogen-bond acceptors (Lipinski definition) is 4. The summed E-state index contributed by atoms with van der Waals surface area (Å²) in [5, 5.41) is 12.1. The average molecular weight is 326 g/mol. The van der Waals surface area contributed by atoms with Crippen molar-refractivity contribution in [3.63, 3.8) is 0 Å². The van der Waals surface area contributed by atoms with E-state index in [0.717, 1.165) is 18.7 Å². The number of allylic oxidation sites excluding steroid dienone is 2. The van der Waals surface area contributed by atoms with E-state index < -0.39 is 17.8 Å². The van der Waals surface area contributed by atoms with Crippen molar-refractivity contribution >= 4 is 28.7 Å². The second-order valence-corrected chi connectivity index (χ2v) is 6.49. The lowest BCUT2D eigenvalue weighted by atomic mass is 9.82. The van der Waals surface area contributed by atoms with Gasteiger partial charge in [-0.1, -0.05) is 12.2 Å². The molecule has 24 heavy (non-hydrogen) atoms. The van der Waals surface area contributed by atoms with Gasteiger partial charge in [0.2, 0.25) is 5.91 Å². The first-order chi connectivity index (χ1) is 11.6. The van der Waals surface area contributed by atoms with Crippen LogP contribution in [0.25, 0.3) is 11.1 Å². The van der Waals surface area contributed by atoms with Crippen LogP contribution in [0.5, 0.6) is 0 Å². The van der Waals surface area contributed by atoms with Crippen LogP contribution >= 0.6 is 0 Å². The largest absolute Gasteiger partial charge is 0.481 e. The minimum atomic E-state index is -0.930. The number of carbonyl (C=O) groups excluding carboxylic acids is 1. The molecule has 0 radical (unpaired) electrons. The summed E-state index contributed by atoms with van der Waals surface area (Å²) in [5.41, 5.74) is 2.04. The molecule has 0 spiro atoms. The quantitative estimate of drug-likeness (QED) is 0.841. The number of nitrogens with zero attached hydrogens (tertiary/aromatic N) is 1. The molecule has 0 bridgehead atoms. The number of benzene rings is 1. The van der Waals surface area contributed by atoms with Gasteiger partial charge in [-0.05, 0) is 43.9 Å². The fourth-order valence-electron chi connectivity index (χ4n) is 3.14. The molecule has 0 unspecified atom stereocenters. The zero-order chi connectivity index (χ0) is 16.7. The van der Waals surface area contributed by atoms with Crippen LogP contribution in [0.1, 0.15) is 37.5 Å². The van der Waals surface area contributed by atoms with Gasteiger partial charge in [0.15, 0.2) is 11.5 Å². The Labute approximate surface area is 138 Å². The molecule has 2 aliphatic carbocycles. The highest BCUT2D eigenvalue weighted by Crippen LogP contribution is 2.40. The second kappa shape index (κ2) is 5.78. The number of nitrogens with one attached hydrogen (secondary N) is 1. The van der Waals surface area contributed by atoms with Crippen LogP contribution in [0, 0.1) is 11.8 Å².